The lowest BCUT2D eigenvalue weighted by Gasteiger charge is -2.18. The van der Waals surface area contributed by atoms with Crippen molar-refractivity contribution in [3.8, 4) is 5.75 Å². The molecule has 2 aromatic rings. The molecular formula is C19H20ClNO4. The average molecular weight is 362 g/mol. The number of hydrogen-bond acceptors (Lipinski definition) is 4. The Bertz CT molecular complexity index is 776. The maximum absolute atomic E-state index is 12.6. The maximum atomic E-state index is 12.6. The number of methoxy groups -OCH3 is 1. The third-order valence-electron chi connectivity index (χ3n) is 3.73. The van der Waals surface area contributed by atoms with E-state index in [1.165, 1.54) is 7.11 Å². The molecule has 0 aliphatic heterocycles. The van der Waals surface area contributed by atoms with Gasteiger partial charge in [0.15, 0.2) is 6.10 Å². The minimum Gasteiger partial charge on any atom is -0.481 e. The summed E-state index contributed by atoms with van der Waals surface area (Å²) in [7, 11) is 1.32. The molecule has 0 heterocycles. The SMILES string of the molecule is CC[C@H](Oc1cccc(Cl)c1)C(=O)Nc1cccc(C(=O)OC)c1C. The van der Waals surface area contributed by atoms with E-state index in [1.807, 2.05) is 6.92 Å². The van der Waals surface area contributed by atoms with Crippen molar-refractivity contribution in [2.45, 2.75) is 26.4 Å². The average Bonchev–Trinajstić information content (AvgIpc) is 2.60. The first-order valence-electron chi connectivity index (χ1n) is 7.87. The van der Waals surface area contributed by atoms with Gasteiger partial charge in [0.1, 0.15) is 5.75 Å². The first-order chi connectivity index (χ1) is 12.0. The number of carbonyl (C=O) groups is 2. The number of esters is 1. The summed E-state index contributed by atoms with van der Waals surface area (Å²) in [5.74, 6) is -0.224. The fraction of sp³-hybridized carbons (Fsp3) is 0.263. The number of anilines is 1. The van der Waals surface area contributed by atoms with Crippen LogP contribution in [0.25, 0.3) is 0 Å². The minimum atomic E-state index is -0.681. The highest BCUT2D eigenvalue weighted by molar-refractivity contribution is 6.30. The number of benzene rings is 2. The zero-order valence-corrected chi connectivity index (χ0v) is 15.1. The van der Waals surface area contributed by atoms with Gasteiger partial charge in [0, 0.05) is 10.7 Å². The van der Waals surface area contributed by atoms with Gasteiger partial charge in [-0.25, -0.2) is 4.79 Å². The van der Waals surface area contributed by atoms with E-state index in [9.17, 15) is 9.59 Å². The highest BCUT2D eigenvalue weighted by Crippen LogP contribution is 2.22. The van der Waals surface area contributed by atoms with Crippen molar-refractivity contribution in [1.29, 1.82) is 0 Å². The van der Waals surface area contributed by atoms with Crippen LogP contribution in [0.1, 0.15) is 29.3 Å². The Balaban J connectivity index is 2.16. The van der Waals surface area contributed by atoms with Crippen LogP contribution in [-0.4, -0.2) is 25.1 Å². The van der Waals surface area contributed by atoms with Crippen LogP contribution in [0.2, 0.25) is 5.02 Å². The van der Waals surface area contributed by atoms with Gasteiger partial charge < -0.3 is 14.8 Å². The fourth-order valence-electron chi connectivity index (χ4n) is 2.34. The van der Waals surface area contributed by atoms with E-state index in [-0.39, 0.29) is 5.91 Å². The number of rotatable bonds is 6. The van der Waals surface area contributed by atoms with Crippen LogP contribution in [0.5, 0.6) is 5.75 Å². The van der Waals surface area contributed by atoms with Crippen molar-refractivity contribution < 1.29 is 19.1 Å². The maximum Gasteiger partial charge on any atom is 0.338 e. The quantitative estimate of drug-likeness (QED) is 0.782. The molecule has 132 valence electrons. The predicted molar refractivity (Wildman–Crippen MR) is 97.3 cm³/mol. The van der Waals surface area contributed by atoms with Crippen LogP contribution in [0, 0.1) is 6.92 Å². The van der Waals surface area contributed by atoms with Gasteiger partial charge in [-0.05, 0) is 49.2 Å². The summed E-state index contributed by atoms with van der Waals surface area (Å²) in [5.41, 5.74) is 1.59. The molecule has 0 aromatic heterocycles. The van der Waals surface area contributed by atoms with Gasteiger partial charge in [0.25, 0.3) is 5.91 Å². The fourth-order valence-corrected chi connectivity index (χ4v) is 2.52. The molecule has 0 aliphatic carbocycles. The van der Waals surface area contributed by atoms with Crippen LogP contribution < -0.4 is 10.1 Å². The lowest BCUT2D eigenvalue weighted by atomic mass is 10.1. The number of nitrogens with one attached hydrogen (secondary N) is 1. The smallest absolute Gasteiger partial charge is 0.338 e. The van der Waals surface area contributed by atoms with Crippen LogP contribution in [0.3, 0.4) is 0 Å². The normalized spacial score (nSPS) is 11.5. The van der Waals surface area contributed by atoms with Crippen molar-refractivity contribution in [3.05, 3.63) is 58.6 Å². The van der Waals surface area contributed by atoms with E-state index in [1.54, 1.807) is 49.4 Å². The Kier molecular flexibility index (Phi) is 6.42. The highest BCUT2D eigenvalue weighted by atomic mass is 35.5. The third-order valence-corrected chi connectivity index (χ3v) is 3.97. The third kappa shape index (κ3) is 4.73. The standard InChI is InChI=1S/C19H20ClNO4/c1-4-17(25-14-8-5-7-13(20)11-14)18(22)21-16-10-6-9-15(12(16)2)19(23)24-3/h5-11,17H,4H2,1-3H3,(H,21,22)/t17-/m0/s1. The molecule has 0 saturated carbocycles. The molecule has 2 aromatic carbocycles. The van der Waals surface area contributed by atoms with Gasteiger partial charge >= 0.3 is 5.97 Å². The number of hydrogen-bond donors (Lipinski definition) is 1. The molecule has 0 saturated heterocycles. The Hall–Kier alpha value is -2.53. The molecule has 0 radical (unpaired) electrons. The second-order valence-electron chi connectivity index (χ2n) is 5.43. The van der Waals surface area contributed by atoms with Gasteiger partial charge in [-0.3, -0.25) is 4.79 Å². The molecule has 1 N–H and O–H groups in total. The summed E-state index contributed by atoms with van der Waals surface area (Å²) in [6.45, 7) is 3.60. The summed E-state index contributed by atoms with van der Waals surface area (Å²) < 4.78 is 10.5. The monoisotopic (exact) mass is 361 g/mol. The first-order valence-corrected chi connectivity index (χ1v) is 8.25. The van der Waals surface area contributed by atoms with Crippen molar-refractivity contribution >= 4 is 29.2 Å². The van der Waals surface area contributed by atoms with Crippen molar-refractivity contribution in [2.75, 3.05) is 12.4 Å². The zero-order valence-electron chi connectivity index (χ0n) is 14.3. The second kappa shape index (κ2) is 8.53. The van der Waals surface area contributed by atoms with Crippen LogP contribution in [0.4, 0.5) is 5.69 Å². The molecule has 5 nitrogen and oxygen atoms in total. The van der Waals surface area contributed by atoms with Gasteiger partial charge in [-0.2, -0.15) is 0 Å². The molecule has 0 unspecified atom stereocenters. The summed E-state index contributed by atoms with van der Waals surface area (Å²) in [6.07, 6.45) is -0.201. The van der Waals surface area contributed by atoms with E-state index < -0.39 is 12.1 Å². The topological polar surface area (TPSA) is 64.6 Å². The van der Waals surface area contributed by atoms with Crippen molar-refractivity contribution in [2.24, 2.45) is 0 Å². The predicted octanol–water partition coefficient (Wildman–Crippen LogP) is 4.23. The molecule has 0 fully saturated rings. The number of carbonyl (C=O) groups excluding carboxylic acids is 2. The molecule has 6 heteroatoms. The Morgan fingerprint density at radius 2 is 1.92 bits per heavy atom. The Morgan fingerprint density at radius 1 is 1.20 bits per heavy atom. The number of amides is 1. The van der Waals surface area contributed by atoms with E-state index in [4.69, 9.17) is 21.1 Å². The number of ether oxygens (including phenoxy) is 2. The van der Waals surface area contributed by atoms with Crippen LogP contribution >= 0.6 is 11.6 Å². The van der Waals surface area contributed by atoms with Gasteiger partial charge in [-0.15, -0.1) is 0 Å². The van der Waals surface area contributed by atoms with Crippen LogP contribution in [0.15, 0.2) is 42.5 Å². The van der Waals surface area contributed by atoms with E-state index in [0.717, 1.165) is 0 Å². The highest BCUT2D eigenvalue weighted by Gasteiger charge is 2.20. The second-order valence-corrected chi connectivity index (χ2v) is 5.87. The molecule has 1 amide bonds. The Morgan fingerprint density at radius 3 is 2.56 bits per heavy atom. The molecule has 0 aliphatic rings. The summed E-state index contributed by atoms with van der Waals surface area (Å²) in [6, 6.07) is 11.9. The molecule has 0 spiro atoms. The summed E-state index contributed by atoms with van der Waals surface area (Å²) in [4.78, 5) is 24.3. The Labute approximate surface area is 151 Å². The summed E-state index contributed by atoms with van der Waals surface area (Å²) >= 11 is 5.94. The lowest BCUT2D eigenvalue weighted by Crippen LogP contribution is -2.32. The lowest BCUT2D eigenvalue weighted by molar-refractivity contribution is -0.122. The van der Waals surface area contributed by atoms with E-state index in [0.29, 0.717) is 34.0 Å². The largest absolute Gasteiger partial charge is 0.481 e. The molecular weight excluding hydrogens is 342 g/mol. The van der Waals surface area contributed by atoms with Gasteiger partial charge in [-0.1, -0.05) is 30.7 Å². The molecule has 1 atom stereocenters. The van der Waals surface area contributed by atoms with Crippen LogP contribution in [-0.2, 0) is 9.53 Å². The minimum absolute atomic E-state index is 0.299. The molecule has 25 heavy (non-hydrogen) atoms. The van der Waals surface area contributed by atoms with Crippen molar-refractivity contribution in [3.63, 3.8) is 0 Å². The van der Waals surface area contributed by atoms with Gasteiger partial charge in [0.05, 0.1) is 12.7 Å². The van der Waals surface area contributed by atoms with Gasteiger partial charge in [0.2, 0.25) is 0 Å². The zero-order chi connectivity index (χ0) is 18.4. The van der Waals surface area contributed by atoms with E-state index in [2.05, 4.69) is 5.32 Å². The first kappa shape index (κ1) is 18.8. The van der Waals surface area contributed by atoms with Crippen molar-refractivity contribution in [1.82, 2.24) is 0 Å². The van der Waals surface area contributed by atoms with E-state index >= 15 is 0 Å². The number of halogens is 1. The molecule has 2 rings (SSSR count). The molecule has 0 bridgehead atoms. The summed E-state index contributed by atoms with van der Waals surface area (Å²) in [5, 5.41) is 3.35.